The van der Waals surface area contributed by atoms with E-state index in [0.29, 0.717) is 23.4 Å². The molecule has 3 heterocycles. The summed E-state index contributed by atoms with van der Waals surface area (Å²) in [5, 5.41) is 17.4. The first-order valence-corrected chi connectivity index (χ1v) is 10.4. The van der Waals surface area contributed by atoms with Crippen LogP contribution >= 0.6 is 0 Å². The van der Waals surface area contributed by atoms with Crippen LogP contribution in [0.3, 0.4) is 0 Å². The quantitative estimate of drug-likeness (QED) is 0.592. The van der Waals surface area contributed by atoms with E-state index in [0.717, 1.165) is 24.3 Å². The van der Waals surface area contributed by atoms with Crippen LogP contribution in [0.15, 0.2) is 42.6 Å². The molecule has 3 aromatic rings. The van der Waals surface area contributed by atoms with Gasteiger partial charge in [0.15, 0.2) is 11.4 Å². The Labute approximate surface area is 180 Å². The zero-order chi connectivity index (χ0) is 22.2. The number of ketones is 1. The van der Waals surface area contributed by atoms with Crippen molar-refractivity contribution in [3.05, 3.63) is 59.4 Å². The van der Waals surface area contributed by atoms with Crippen molar-refractivity contribution in [3.63, 3.8) is 0 Å². The highest BCUT2D eigenvalue weighted by Crippen LogP contribution is 2.24. The highest BCUT2D eigenvalue weighted by molar-refractivity contribution is 5.97. The van der Waals surface area contributed by atoms with Gasteiger partial charge in [-0.1, -0.05) is 24.3 Å². The van der Waals surface area contributed by atoms with Gasteiger partial charge >= 0.3 is 0 Å². The number of benzene rings is 1. The Morgan fingerprint density at radius 2 is 1.97 bits per heavy atom. The van der Waals surface area contributed by atoms with Gasteiger partial charge in [-0.25, -0.2) is 4.98 Å². The van der Waals surface area contributed by atoms with Crippen molar-refractivity contribution in [1.29, 1.82) is 0 Å². The van der Waals surface area contributed by atoms with E-state index in [2.05, 4.69) is 20.3 Å². The molecule has 0 radical (unpaired) electrons. The van der Waals surface area contributed by atoms with E-state index in [4.69, 9.17) is 0 Å². The van der Waals surface area contributed by atoms with Crippen LogP contribution in [-0.4, -0.2) is 50.5 Å². The minimum atomic E-state index is -0.949. The number of aliphatic hydroxyl groups is 1. The third-order valence-corrected chi connectivity index (χ3v) is 5.57. The summed E-state index contributed by atoms with van der Waals surface area (Å²) in [6.07, 6.45) is 2.71. The van der Waals surface area contributed by atoms with Crippen molar-refractivity contribution < 1.29 is 14.7 Å². The molecule has 1 aromatic carbocycles. The maximum absolute atomic E-state index is 12.9. The molecule has 0 unspecified atom stereocenters. The number of amides is 1. The standard InChI is InChI=1S/C23H27N5O3/c1-15(29)25-18-9-11-27(14-18)22-13-19(26-21-8-10-24-28(21)22)12-20(30)16-4-6-17(7-5-16)23(2,3)31/h4-8,10,13,18,31H,9,11-12,14H2,1-3H3,(H,25,29)/t18-/m1/s1. The summed E-state index contributed by atoms with van der Waals surface area (Å²) >= 11 is 0. The van der Waals surface area contributed by atoms with E-state index >= 15 is 0 Å². The second-order valence-corrected chi connectivity index (χ2v) is 8.58. The molecular weight excluding hydrogens is 394 g/mol. The Hall–Kier alpha value is -3.26. The van der Waals surface area contributed by atoms with Gasteiger partial charge in [0, 0.05) is 43.8 Å². The summed E-state index contributed by atoms with van der Waals surface area (Å²) in [7, 11) is 0. The smallest absolute Gasteiger partial charge is 0.217 e. The van der Waals surface area contributed by atoms with Crippen LogP contribution in [0.1, 0.15) is 48.8 Å². The Bertz CT molecular complexity index is 1110. The number of fused-ring (bicyclic) bond motifs is 1. The van der Waals surface area contributed by atoms with E-state index in [9.17, 15) is 14.7 Å². The number of nitrogens with one attached hydrogen (secondary N) is 1. The van der Waals surface area contributed by atoms with Crippen molar-refractivity contribution >= 4 is 23.2 Å². The monoisotopic (exact) mass is 421 g/mol. The van der Waals surface area contributed by atoms with Crippen LogP contribution in [-0.2, 0) is 16.8 Å². The summed E-state index contributed by atoms with van der Waals surface area (Å²) in [6.45, 7) is 6.43. The first-order chi connectivity index (χ1) is 14.7. The molecule has 8 heteroatoms. The van der Waals surface area contributed by atoms with Gasteiger partial charge in [-0.2, -0.15) is 9.61 Å². The number of hydrogen-bond donors (Lipinski definition) is 2. The summed E-state index contributed by atoms with van der Waals surface area (Å²) in [4.78, 5) is 31.0. The molecule has 0 spiro atoms. The number of hydrogen-bond acceptors (Lipinski definition) is 6. The Kier molecular flexibility index (Phi) is 5.49. The first-order valence-electron chi connectivity index (χ1n) is 10.4. The fourth-order valence-electron chi connectivity index (χ4n) is 3.97. The van der Waals surface area contributed by atoms with Crippen molar-refractivity contribution in [2.24, 2.45) is 0 Å². The van der Waals surface area contributed by atoms with Gasteiger partial charge in [0.1, 0.15) is 5.82 Å². The predicted molar refractivity (Wildman–Crippen MR) is 117 cm³/mol. The van der Waals surface area contributed by atoms with Crippen LogP contribution in [0, 0.1) is 0 Å². The van der Waals surface area contributed by atoms with Crippen LogP contribution in [0.25, 0.3) is 5.65 Å². The lowest BCUT2D eigenvalue weighted by Gasteiger charge is -2.20. The number of Topliss-reactive ketones (excluding diaryl/α,β-unsaturated/α-hetero) is 1. The predicted octanol–water partition coefficient (Wildman–Crippen LogP) is 2.10. The SMILES string of the molecule is CC(=O)N[C@@H]1CCN(c2cc(CC(=O)c3ccc(C(C)(C)O)cc3)nc3ccnn23)C1. The number of carbonyl (C=O) groups is 2. The Balaban J connectivity index is 1.56. The van der Waals surface area contributed by atoms with Crippen LogP contribution in [0.4, 0.5) is 5.82 Å². The van der Waals surface area contributed by atoms with Crippen molar-refractivity contribution in [2.45, 2.75) is 45.3 Å². The maximum Gasteiger partial charge on any atom is 0.217 e. The summed E-state index contributed by atoms with van der Waals surface area (Å²) in [5.41, 5.74) is 1.74. The Morgan fingerprint density at radius 1 is 1.23 bits per heavy atom. The topological polar surface area (TPSA) is 99.8 Å². The zero-order valence-corrected chi connectivity index (χ0v) is 18.0. The molecule has 0 bridgehead atoms. The molecule has 1 aliphatic heterocycles. The summed E-state index contributed by atoms with van der Waals surface area (Å²) < 4.78 is 1.77. The van der Waals surface area contributed by atoms with E-state index in [1.54, 1.807) is 48.8 Å². The summed E-state index contributed by atoms with van der Waals surface area (Å²) in [6, 6.07) is 10.8. The molecule has 0 saturated carbocycles. The van der Waals surface area contributed by atoms with Gasteiger partial charge in [-0.05, 0) is 25.8 Å². The lowest BCUT2D eigenvalue weighted by atomic mass is 9.96. The molecule has 1 fully saturated rings. The average molecular weight is 422 g/mol. The molecular formula is C23H27N5O3. The molecule has 4 rings (SSSR count). The fraction of sp³-hybridized carbons (Fsp3) is 0.391. The number of carbonyl (C=O) groups excluding carboxylic acids is 2. The van der Waals surface area contributed by atoms with E-state index < -0.39 is 5.60 Å². The molecule has 1 saturated heterocycles. The number of anilines is 1. The zero-order valence-electron chi connectivity index (χ0n) is 18.0. The Morgan fingerprint density at radius 3 is 2.65 bits per heavy atom. The molecule has 2 N–H and O–H groups in total. The number of nitrogens with zero attached hydrogens (tertiary/aromatic N) is 4. The third-order valence-electron chi connectivity index (χ3n) is 5.57. The van der Waals surface area contributed by atoms with Gasteiger partial charge in [0.25, 0.3) is 0 Å². The lowest BCUT2D eigenvalue weighted by molar-refractivity contribution is -0.119. The molecule has 1 amide bonds. The first kappa shape index (κ1) is 21.0. The minimum absolute atomic E-state index is 0.0345. The van der Waals surface area contributed by atoms with Crippen molar-refractivity contribution in [2.75, 3.05) is 18.0 Å². The number of rotatable bonds is 6. The average Bonchev–Trinajstić information content (AvgIpc) is 3.35. The van der Waals surface area contributed by atoms with E-state index in [-0.39, 0.29) is 24.2 Å². The van der Waals surface area contributed by atoms with Gasteiger partial charge in [-0.3, -0.25) is 9.59 Å². The lowest BCUT2D eigenvalue weighted by Crippen LogP contribution is -2.36. The van der Waals surface area contributed by atoms with Crippen LogP contribution in [0.2, 0.25) is 0 Å². The van der Waals surface area contributed by atoms with Gasteiger partial charge in [0.2, 0.25) is 5.91 Å². The minimum Gasteiger partial charge on any atom is -0.386 e. The highest BCUT2D eigenvalue weighted by Gasteiger charge is 2.26. The van der Waals surface area contributed by atoms with Gasteiger partial charge < -0.3 is 15.3 Å². The van der Waals surface area contributed by atoms with E-state index in [1.807, 2.05) is 12.1 Å². The van der Waals surface area contributed by atoms with Crippen LogP contribution < -0.4 is 10.2 Å². The molecule has 8 nitrogen and oxygen atoms in total. The fourth-order valence-corrected chi connectivity index (χ4v) is 3.97. The molecule has 1 aliphatic rings. The third kappa shape index (κ3) is 4.59. The van der Waals surface area contributed by atoms with Crippen molar-refractivity contribution in [3.8, 4) is 0 Å². The molecule has 0 aliphatic carbocycles. The highest BCUT2D eigenvalue weighted by atomic mass is 16.3. The summed E-state index contributed by atoms with van der Waals surface area (Å²) in [5.74, 6) is 0.790. The maximum atomic E-state index is 12.9. The van der Waals surface area contributed by atoms with E-state index in [1.165, 1.54) is 6.92 Å². The van der Waals surface area contributed by atoms with Crippen molar-refractivity contribution in [1.82, 2.24) is 19.9 Å². The van der Waals surface area contributed by atoms with Crippen LogP contribution in [0.5, 0.6) is 0 Å². The van der Waals surface area contributed by atoms with Gasteiger partial charge in [0.05, 0.1) is 23.9 Å². The molecule has 31 heavy (non-hydrogen) atoms. The molecule has 162 valence electrons. The second-order valence-electron chi connectivity index (χ2n) is 8.58. The molecule has 2 aromatic heterocycles. The molecule has 1 atom stereocenters. The number of aromatic nitrogens is 3. The largest absolute Gasteiger partial charge is 0.386 e. The normalized spacial score (nSPS) is 16.6. The second kappa shape index (κ2) is 8.11. The van der Waals surface area contributed by atoms with Gasteiger partial charge in [-0.15, -0.1) is 0 Å².